The molecule has 1 aromatic rings. The molecule has 21 heavy (non-hydrogen) atoms. The summed E-state index contributed by atoms with van der Waals surface area (Å²) >= 11 is 0. The van der Waals surface area contributed by atoms with Crippen molar-refractivity contribution < 1.29 is 4.39 Å². The molecule has 2 nitrogen and oxygen atoms in total. The van der Waals surface area contributed by atoms with Gasteiger partial charge in [-0.2, -0.15) is 0 Å². The smallest absolute Gasteiger partial charge is 0.123 e. The molecule has 1 aliphatic heterocycles. The monoisotopic (exact) mass is 314 g/mol. The lowest BCUT2D eigenvalue weighted by Crippen LogP contribution is -2.38. The predicted octanol–water partition coefficient (Wildman–Crippen LogP) is 3.92. The van der Waals surface area contributed by atoms with Crippen LogP contribution in [0, 0.1) is 17.2 Å². The summed E-state index contributed by atoms with van der Waals surface area (Å²) in [6, 6.07) is 7.18. The number of hydrogen-bond donors (Lipinski definition) is 2. The van der Waals surface area contributed by atoms with Crippen LogP contribution in [0.1, 0.15) is 45.2 Å². The van der Waals surface area contributed by atoms with E-state index >= 15 is 0 Å². The van der Waals surface area contributed by atoms with E-state index in [1.165, 1.54) is 18.4 Å². The van der Waals surface area contributed by atoms with E-state index in [2.05, 4.69) is 31.4 Å². The molecule has 1 unspecified atom stereocenters. The molecule has 1 aliphatic rings. The van der Waals surface area contributed by atoms with Crippen LogP contribution in [0.3, 0.4) is 0 Å². The molecule has 0 bridgehead atoms. The molecule has 1 saturated heterocycles. The maximum Gasteiger partial charge on any atom is 0.123 e. The normalized spacial score (nSPS) is 18.1. The van der Waals surface area contributed by atoms with E-state index in [0.29, 0.717) is 0 Å². The van der Waals surface area contributed by atoms with Crippen LogP contribution in [0.5, 0.6) is 0 Å². The topological polar surface area (TPSA) is 24.1 Å². The quantitative estimate of drug-likeness (QED) is 0.880. The van der Waals surface area contributed by atoms with E-state index < -0.39 is 0 Å². The first kappa shape index (κ1) is 18.4. The molecule has 120 valence electrons. The van der Waals surface area contributed by atoms with Gasteiger partial charge in [-0.3, -0.25) is 0 Å². The van der Waals surface area contributed by atoms with Crippen LogP contribution in [-0.4, -0.2) is 19.6 Å². The molecule has 2 rings (SSSR count). The fraction of sp³-hybridized carbons (Fsp3) is 0.647. The average Bonchev–Trinajstić information content (AvgIpc) is 2.41. The van der Waals surface area contributed by atoms with Crippen molar-refractivity contribution in [2.45, 2.75) is 39.7 Å². The molecule has 2 N–H and O–H groups in total. The van der Waals surface area contributed by atoms with Gasteiger partial charge in [-0.25, -0.2) is 4.39 Å². The number of piperidine rings is 1. The third kappa shape index (κ3) is 5.57. The van der Waals surface area contributed by atoms with E-state index in [1.807, 2.05) is 12.1 Å². The maximum absolute atomic E-state index is 13.1. The third-order valence-corrected chi connectivity index (χ3v) is 4.14. The first-order valence-electron chi connectivity index (χ1n) is 7.66. The second-order valence-electron chi connectivity index (χ2n) is 6.95. The largest absolute Gasteiger partial charge is 0.317 e. The molecule has 0 amide bonds. The van der Waals surface area contributed by atoms with Crippen molar-refractivity contribution >= 4 is 12.4 Å². The van der Waals surface area contributed by atoms with Crippen LogP contribution in [0.2, 0.25) is 0 Å². The van der Waals surface area contributed by atoms with Gasteiger partial charge in [0.2, 0.25) is 0 Å². The van der Waals surface area contributed by atoms with Crippen molar-refractivity contribution in [3.8, 4) is 0 Å². The molecule has 1 atom stereocenters. The van der Waals surface area contributed by atoms with Crippen molar-refractivity contribution in [3.63, 3.8) is 0 Å². The number of benzene rings is 1. The average molecular weight is 315 g/mol. The minimum absolute atomic E-state index is 0. The van der Waals surface area contributed by atoms with Gasteiger partial charge < -0.3 is 10.6 Å². The molecule has 1 heterocycles. The number of halogens is 2. The minimum Gasteiger partial charge on any atom is -0.317 e. The lowest BCUT2D eigenvalue weighted by molar-refractivity contribution is 0.246. The highest BCUT2D eigenvalue weighted by molar-refractivity contribution is 5.85. The summed E-state index contributed by atoms with van der Waals surface area (Å²) in [6.07, 6.45) is 2.49. The van der Waals surface area contributed by atoms with Crippen molar-refractivity contribution in [1.82, 2.24) is 10.6 Å². The van der Waals surface area contributed by atoms with Crippen LogP contribution in [0.15, 0.2) is 24.3 Å². The highest BCUT2D eigenvalue weighted by Gasteiger charge is 2.27. The Labute approximate surface area is 134 Å². The molecule has 4 heteroatoms. The Balaban J connectivity index is 0.00000220. The Kier molecular flexibility index (Phi) is 7.11. The Morgan fingerprint density at radius 3 is 2.29 bits per heavy atom. The van der Waals surface area contributed by atoms with Gasteiger partial charge in [0.1, 0.15) is 5.82 Å². The minimum atomic E-state index is -0.167. The van der Waals surface area contributed by atoms with E-state index in [9.17, 15) is 4.39 Å². The van der Waals surface area contributed by atoms with Crippen molar-refractivity contribution in [3.05, 3.63) is 35.6 Å². The van der Waals surface area contributed by atoms with Crippen LogP contribution in [0.4, 0.5) is 4.39 Å². The van der Waals surface area contributed by atoms with Crippen LogP contribution >= 0.6 is 12.4 Å². The Morgan fingerprint density at radius 2 is 1.76 bits per heavy atom. The van der Waals surface area contributed by atoms with E-state index in [1.54, 1.807) is 12.1 Å². The Hall–Kier alpha value is -0.640. The predicted molar refractivity (Wildman–Crippen MR) is 89.4 cm³/mol. The lowest BCUT2D eigenvalue weighted by Gasteiger charge is -2.34. The first-order chi connectivity index (χ1) is 9.47. The molecular weight excluding hydrogens is 287 g/mol. The van der Waals surface area contributed by atoms with E-state index in [0.717, 1.165) is 25.6 Å². The van der Waals surface area contributed by atoms with Gasteiger partial charge in [0.25, 0.3) is 0 Å². The van der Waals surface area contributed by atoms with Gasteiger partial charge in [0.15, 0.2) is 0 Å². The molecular formula is C17H28ClFN2. The zero-order valence-corrected chi connectivity index (χ0v) is 14.1. The molecule has 1 aromatic carbocycles. The molecule has 0 spiro atoms. The molecule has 0 radical (unpaired) electrons. The van der Waals surface area contributed by atoms with Crippen LogP contribution in [0.25, 0.3) is 0 Å². The highest BCUT2D eigenvalue weighted by Crippen LogP contribution is 2.33. The van der Waals surface area contributed by atoms with Gasteiger partial charge in [0.05, 0.1) is 0 Å². The van der Waals surface area contributed by atoms with Crippen molar-refractivity contribution in [1.29, 1.82) is 0 Å². The summed E-state index contributed by atoms with van der Waals surface area (Å²) in [5.41, 5.74) is 1.29. The zero-order chi connectivity index (χ0) is 14.6. The fourth-order valence-electron chi connectivity index (χ4n) is 2.95. The van der Waals surface area contributed by atoms with Gasteiger partial charge in [0, 0.05) is 6.04 Å². The number of hydrogen-bond acceptors (Lipinski definition) is 2. The zero-order valence-electron chi connectivity index (χ0n) is 13.3. The highest BCUT2D eigenvalue weighted by atomic mass is 35.5. The summed E-state index contributed by atoms with van der Waals surface area (Å²) in [4.78, 5) is 0. The molecule has 0 aromatic heterocycles. The van der Waals surface area contributed by atoms with Crippen molar-refractivity contribution in [2.24, 2.45) is 11.3 Å². The first-order valence-corrected chi connectivity index (χ1v) is 7.66. The molecule has 1 fully saturated rings. The molecule has 0 aliphatic carbocycles. The SMILES string of the molecule is CC(C)(C)C(NCC1CCNCC1)c1ccc(F)cc1.Cl. The Bertz CT molecular complexity index is 408. The number of nitrogens with one attached hydrogen (secondary N) is 2. The Morgan fingerprint density at radius 1 is 1.19 bits per heavy atom. The summed E-state index contributed by atoms with van der Waals surface area (Å²) in [5.74, 6) is 0.585. The number of rotatable bonds is 4. The standard InChI is InChI=1S/C17H27FN2.ClH/c1-17(2,3)16(14-4-6-15(18)7-5-14)20-12-13-8-10-19-11-9-13;/h4-7,13,16,19-20H,8-12H2,1-3H3;1H. The van der Waals surface area contributed by atoms with E-state index in [-0.39, 0.29) is 29.7 Å². The maximum atomic E-state index is 13.1. The van der Waals surface area contributed by atoms with E-state index in [4.69, 9.17) is 0 Å². The second kappa shape index (κ2) is 8.11. The summed E-state index contributed by atoms with van der Waals surface area (Å²) in [7, 11) is 0. The van der Waals surface area contributed by atoms with Crippen LogP contribution < -0.4 is 10.6 Å². The summed E-state index contributed by atoms with van der Waals surface area (Å²) < 4.78 is 13.1. The molecule has 0 saturated carbocycles. The van der Waals surface area contributed by atoms with Gasteiger partial charge in [-0.15, -0.1) is 12.4 Å². The summed E-state index contributed by atoms with van der Waals surface area (Å²) in [6.45, 7) is 10.00. The van der Waals surface area contributed by atoms with Gasteiger partial charge >= 0.3 is 0 Å². The van der Waals surface area contributed by atoms with Gasteiger partial charge in [-0.05, 0) is 61.5 Å². The summed E-state index contributed by atoms with van der Waals surface area (Å²) in [5, 5.41) is 7.12. The third-order valence-electron chi connectivity index (χ3n) is 4.14. The second-order valence-corrected chi connectivity index (χ2v) is 6.95. The van der Waals surface area contributed by atoms with Gasteiger partial charge in [-0.1, -0.05) is 32.9 Å². The lowest BCUT2D eigenvalue weighted by atomic mass is 9.82. The van der Waals surface area contributed by atoms with Crippen molar-refractivity contribution in [2.75, 3.05) is 19.6 Å². The van der Waals surface area contributed by atoms with Crippen LogP contribution in [-0.2, 0) is 0 Å². The fourth-order valence-corrected chi connectivity index (χ4v) is 2.95.